The second-order valence-corrected chi connectivity index (χ2v) is 6.97. The normalized spacial score (nSPS) is 19.4. The Morgan fingerprint density at radius 1 is 1.27 bits per heavy atom. The summed E-state index contributed by atoms with van der Waals surface area (Å²) in [4.78, 5) is 20.2. The molecule has 170 valence electrons. The van der Waals surface area contributed by atoms with Gasteiger partial charge in [-0.25, -0.2) is 9.59 Å². The van der Waals surface area contributed by atoms with Crippen molar-refractivity contribution >= 4 is 17.6 Å². The summed E-state index contributed by atoms with van der Waals surface area (Å²) in [5, 5.41) is 19.9. The van der Waals surface area contributed by atoms with Crippen molar-refractivity contribution in [3.63, 3.8) is 0 Å². The number of halogens is 3. The first kappa shape index (κ1) is 25.5. The Morgan fingerprint density at radius 3 is 2.37 bits per heavy atom. The van der Waals surface area contributed by atoms with E-state index in [0.717, 1.165) is 42.7 Å². The molecule has 1 saturated carbocycles. The van der Waals surface area contributed by atoms with Crippen LogP contribution in [0.25, 0.3) is 0 Å². The van der Waals surface area contributed by atoms with Crippen molar-refractivity contribution in [3.05, 3.63) is 23.8 Å². The third-order valence-electron chi connectivity index (χ3n) is 4.69. The van der Waals surface area contributed by atoms with Crippen LogP contribution in [0.3, 0.4) is 0 Å². The van der Waals surface area contributed by atoms with Gasteiger partial charge in [0, 0.05) is 24.8 Å². The third kappa shape index (κ3) is 7.74. The zero-order valence-electron chi connectivity index (χ0n) is 17.2. The van der Waals surface area contributed by atoms with Crippen molar-refractivity contribution < 1.29 is 42.4 Å². The van der Waals surface area contributed by atoms with Crippen LogP contribution in [0.15, 0.2) is 18.2 Å². The SMILES string of the molecule is CCCOc1ccc(NC2CCCC2C(OC)C(=O)O)cc1C.O=C(O)C(F)(F)F. The number of carboxylic acids is 2. The number of carboxylic acid groups (broad SMARTS) is 2. The summed E-state index contributed by atoms with van der Waals surface area (Å²) < 4.78 is 42.6. The van der Waals surface area contributed by atoms with Gasteiger partial charge in [-0.15, -0.1) is 0 Å². The van der Waals surface area contributed by atoms with Crippen molar-refractivity contribution in [3.8, 4) is 5.75 Å². The van der Waals surface area contributed by atoms with Crippen LogP contribution in [0.5, 0.6) is 5.75 Å². The number of rotatable bonds is 8. The first-order valence-electron chi connectivity index (χ1n) is 9.56. The van der Waals surface area contributed by atoms with Crippen molar-refractivity contribution in [2.75, 3.05) is 19.0 Å². The fourth-order valence-corrected chi connectivity index (χ4v) is 3.32. The molecule has 0 aromatic heterocycles. The molecule has 1 aromatic carbocycles. The molecular formula is C20H28F3NO6. The molecule has 1 aliphatic rings. The first-order valence-corrected chi connectivity index (χ1v) is 9.56. The fraction of sp³-hybridized carbons (Fsp3) is 0.600. The van der Waals surface area contributed by atoms with Crippen LogP contribution in [0.2, 0.25) is 0 Å². The van der Waals surface area contributed by atoms with Crippen molar-refractivity contribution in [2.45, 2.75) is 57.9 Å². The van der Waals surface area contributed by atoms with Gasteiger partial charge in [-0.2, -0.15) is 13.2 Å². The number of carbonyl (C=O) groups is 2. The lowest BCUT2D eigenvalue weighted by molar-refractivity contribution is -0.192. The molecule has 0 saturated heterocycles. The second-order valence-electron chi connectivity index (χ2n) is 6.97. The van der Waals surface area contributed by atoms with E-state index in [1.54, 1.807) is 0 Å². The number of alkyl halides is 3. The van der Waals surface area contributed by atoms with E-state index < -0.39 is 24.2 Å². The number of hydrogen-bond donors (Lipinski definition) is 3. The summed E-state index contributed by atoms with van der Waals surface area (Å²) >= 11 is 0. The fourth-order valence-electron chi connectivity index (χ4n) is 3.32. The summed E-state index contributed by atoms with van der Waals surface area (Å²) in [6, 6.07) is 6.15. The molecule has 1 aliphatic carbocycles. The molecule has 7 nitrogen and oxygen atoms in total. The molecule has 3 atom stereocenters. The van der Waals surface area contributed by atoms with Crippen LogP contribution >= 0.6 is 0 Å². The molecule has 10 heteroatoms. The zero-order valence-corrected chi connectivity index (χ0v) is 17.2. The summed E-state index contributed by atoms with van der Waals surface area (Å²) in [5.74, 6) is -2.74. The molecule has 0 amide bonds. The van der Waals surface area contributed by atoms with E-state index >= 15 is 0 Å². The Kier molecular flexibility index (Phi) is 9.91. The number of aryl methyl sites for hydroxylation is 1. The van der Waals surface area contributed by atoms with Gasteiger partial charge in [0.1, 0.15) is 5.75 Å². The standard InChI is InChI=1S/C18H27NO4.C2HF3O2/c1-4-10-23-16-9-8-13(11-12(16)2)19-15-7-5-6-14(15)17(22-3)18(20)21;3-2(4,5)1(6)7/h8-9,11,14-15,17,19H,4-7,10H2,1-3H3,(H,20,21);(H,6,7). The van der Waals surface area contributed by atoms with Crippen LogP contribution in [0.1, 0.15) is 38.2 Å². The maximum absolute atomic E-state index is 11.3. The highest BCUT2D eigenvalue weighted by atomic mass is 19.4. The van der Waals surface area contributed by atoms with Gasteiger partial charge in [0.15, 0.2) is 6.10 Å². The highest BCUT2D eigenvalue weighted by molar-refractivity contribution is 5.73. The number of aliphatic carboxylic acids is 2. The maximum atomic E-state index is 11.3. The van der Waals surface area contributed by atoms with Gasteiger partial charge < -0.3 is 25.0 Å². The molecule has 0 radical (unpaired) electrons. The third-order valence-corrected chi connectivity index (χ3v) is 4.69. The summed E-state index contributed by atoms with van der Waals surface area (Å²) in [6.45, 7) is 4.82. The lowest BCUT2D eigenvalue weighted by Crippen LogP contribution is -2.39. The minimum Gasteiger partial charge on any atom is -0.493 e. The average molecular weight is 435 g/mol. The molecule has 3 unspecified atom stereocenters. The number of methoxy groups -OCH3 is 1. The lowest BCUT2D eigenvalue weighted by Gasteiger charge is -2.26. The predicted molar refractivity (Wildman–Crippen MR) is 104 cm³/mol. The van der Waals surface area contributed by atoms with Gasteiger partial charge >= 0.3 is 18.1 Å². The van der Waals surface area contributed by atoms with Crippen LogP contribution < -0.4 is 10.1 Å². The molecule has 1 fully saturated rings. The van der Waals surface area contributed by atoms with E-state index in [4.69, 9.17) is 19.4 Å². The predicted octanol–water partition coefficient (Wildman–Crippen LogP) is 4.10. The molecule has 1 aromatic rings. The topological polar surface area (TPSA) is 105 Å². The minimum absolute atomic E-state index is 0.00572. The molecular weight excluding hydrogens is 407 g/mol. The zero-order chi connectivity index (χ0) is 22.9. The second kappa shape index (κ2) is 11.6. The number of nitrogens with one attached hydrogen (secondary N) is 1. The van der Waals surface area contributed by atoms with E-state index in [9.17, 15) is 23.1 Å². The summed E-state index contributed by atoms with van der Waals surface area (Å²) in [5.41, 5.74) is 2.09. The van der Waals surface area contributed by atoms with E-state index in [-0.39, 0.29) is 12.0 Å². The first-order chi connectivity index (χ1) is 14.0. The Morgan fingerprint density at radius 2 is 1.90 bits per heavy atom. The number of anilines is 1. The van der Waals surface area contributed by atoms with Crippen molar-refractivity contribution in [1.82, 2.24) is 0 Å². The highest BCUT2D eigenvalue weighted by Crippen LogP contribution is 2.33. The van der Waals surface area contributed by atoms with Crippen LogP contribution in [0.4, 0.5) is 18.9 Å². The maximum Gasteiger partial charge on any atom is 0.490 e. The molecule has 3 N–H and O–H groups in total. The lowest BCUT2D eigenvalue weighted by atomic mass is 9.96. The van der Waals surface area contributed by atoms with Crippen LogP contribution in [-0.2, 0) is 14.3 Å². The quantitative estimate of drug-likeness (QED) is 0.565. The largest absolute Gasteiger partial charge is 0.493 e. The van der Waals surface area contributed by atoms with Gasteiger partial charge in [-0.1, -0.05) is 13.3 Å². The van der Waals surface area contributed by atoms with Crippen molar-refractivity contribution in [2.24, 2.45) is 5.92 Å². The van der Waals surface area contributed by atoms with Gasteiger partial charge in [0.25, 0.3) is 0 Å². The Bertz CT molecular complexity index is 710. The minimum atomic E-state index is -5.08. The molecule has 2 rings (SSSR count). The molecule has 30 heavy (non-hydrogen) atoms. The van der Waals surface area contributed by atoms with Gasteiger partial charge in [0.05, 0.1) is 6.61 Å². The number of ether oxygens (including phenoxy) is 2. The molecule has 0 spiro atoms. The molecule has 0 bridgehead atoms. The van der Waals surface area contributed by atoms with Crippen LogP contribution in [0, 0.1) is 12.8 Å². The summed E-state index contributed by atoms with van der Waals surface area (Å²) in [6.07, 6.45) is -1.99. The Labute approximate surface area is 173 Å². The molecule has 0 aliphatic heterocycles. The smallest absolute Gasteiger partial charge is 0.490 e. The van der Waals surface area contributed by atoms with Gasteiger partial charge in [-0.05, 0) is 49.9 Å². The Hall–Kier alpha value is -2.49. The Balaban J connectivity index is 0.000000553. The van der Waals surface area contributed by atoms with E-state index in [0.29, 0.717) is 6.61 Å². The molecule has 0 heterocycles. The van der Waals surface area contributed by atoms with Gasteiger partial charge in [0.2, 0.25) is 0 Å². The van der Waals surface area contributed by atoms with E-state index in [1.165, 1.54) is 7.11 Å². The van der Waals surface area contributed by atoms with Crippen LogP contribution in [-0.4, -0.2) is 54.2 Å². The highest BCUT2D eigenvalue weighted by Gasteiger charge is 2.38. The van der Waals surface area contributed by atoms with Crippen molar-refractivity contribution in [1.29, 1.82) is 0 Å². The number of benzene rings is 1. The average Bonchev–Trinajstić information content (AvgIpc) is 3.09. The monoisotopic (exact) mass is 435 g/mol. The summed E-state index contributed by atoms with van der Waals surface area (Å²) in [7, 11) is 1.47. The van der Waals surface area contributed by atoms with E-state index in [2.05, 4.69) is 18.3 Å². The van der Waals surface area contributed by atoms with Gasteiger partial charge in [-0.3, -0.25) is 0 Å². The number of hydrogen-bond acceptors (Lipinski definition) is 5. The van der Waals surface area contributed by atoms with E-state index in [1.807, 2.05) is 19.1 Å².